The number of aliphatic hydroxyl groups is 1. The maximum absolute atomic E-state index is 13.4. The number of amides is 1. The number of hydrogen-bond acceptors (Lipinski definition) is 3. The molecule has 0 aliphatic heterocycles. The van der Waals surface area contributed by atoms with Crippen LogP contribution in [0.5, 0.6) is 5.75 Å². The van der Waals surface area contributed by atoms with Crippen molar-refractivity contribution in [2.75, 3.05) is 6.61 Å². The Hall–Kier alpha value is -2.55. The van der Waals surface area contributed by atoms with Gasteiger partial charge in [-0.1, -0.05) is 27.2 Å². The van der Waals surface area contributed by atoms with Crippen LogP contribution in [0.3, 0.4) is 0 Å². The van der Waals surface area contributed by atoms with E-state index in [2.05, 4.69) is 25.8 Å². The molecule has 9 heteroatoms. The molecule has 1 saturated carbocycles. The maximum Gasteiger partial charge on any atom is 0.416 e. The molecule has 0 bridgehead atoms. The monoisotopic (exact) mass is 481 g/mol. The second-order valence-corrected chi connectivity index (χ2v) is 10.8. The fourth-order valence-corrected chi connectivity index (χ4v) is 3.92. The molecule has 1 heterocycles. The van der Waals surface area contributed by atoms with Crippen molar-refractivity contribution in [3.8, 4) is 5.75 Å². The van der Waals surface area contributed by atoms with Crippen LogP contribution in [0.4, 0.5) is 13.2 Å². The predicted octanol–water partition coefficient (Wildman–Crippen LogP) is 4.83. The first kappa shape index (κ1) is 26.1. The van der Waals surface area contributed by atoms with E-state index in [1.54, 1.807) is 0 Å². The molecule has 1 aromatic heterocycles. The minimum atomic E-state index is -4.62. The molecule has 1 amide bonds. The van der Waals surface area contributed by atoms with Gasteiger partial charge in [-0.05, 0) is 50.8 Å². The summed E-state index contributed by atoms with van der Waals surface area (Å²) in [6, 6.07) is 4.54. The van der Waals surface area contributed by atoms with Crippen molar-refractivity contribution in [2.24, 2.45) is 18.0 Å². The van der Waals surface area contributed by atoms with Gasteiger partial charge < -0.3 is 9.84 Å². The van der Waals surface area contributed by atoms with E-state index in [9.17, 15) is 23.1 Å². The first-order valence-corrected chi connectivity index (χ1v) is 11.5. The van der Waals surface area contributed by atoms with Crippen LogP contribution in [0.1, 0.15) is 75.5 Å². The van der Waals surface area contributed by atoms with Gasteiger partial charge in [0, 0.05) is 30.8 Å². The van der Waals surface area contributed by atoms with Crippen LogP contribution < -0.4 is 10.2 Å². The Morgan fingerprint density at radius 3 is 2.29 bits per heavy atom. The third kappa shape index (κ3) is 6.11. The van der Waals surface area contributed by atoms with Crippen LogP contribution in [0, 0.1) is 5.92 Å². The summed E-state index contributed by atoms with van der Waals surface area (Å²) in [5, 5.41) is 9.97. The van der Waals surface area contributed by atoms with Gasteiger partial charge in [0.25, 0.3) is 5.91 Å². The van der Waals surface area contributed by atoms with Crippen LogP contribution in [-0.4, -0.2) is 32.6 Å². The quantitative estimate of drug-likeness (QED) is 0.642. The first-order chi connectivity index (χ1) is 15.6. The fraction of sp³-hybridized carbons (Fsp3) is 0.600. The zero-order valence-corrected chi connectivity index (χ0v) is 20.7. The molecule has 0 unspecified atom stereocenters. The molecule has 34 heavy (non-hydrogen) atoms. The van der Waals surface area contributed by atoms with Crippen molar-refractivity contribution in [3.05, 3.63) is 46.6 Å². The summed E-state index contributed by atoms with van der Waals surface area (Å²) in [6.45, 7) is 9.66. The molecule has 1 aromatic carbocycles. The number of halogens is 3. The van der Waals surface area contributed by atoms with E-state index < -0.39 is 23.2 Å². The molecule has 188 valence electrons. The number of carbonyl (C=O) groups excluding carboxylic acids is 1. The fourth-order valence-electron chi connectivity index (χ4n) is 3.92. The Bertz CT molecular complexity index is 1110. The number of ether oxygens (including phenoxy) is 1. The molecule has 1 aliphatic rings. The summed E-state index contributed by atoms with van der Waals surface area (Å²) < 4.78 is 49.5. The summed E-state index contributed by atoms with van der Waals surface area (Å²) in [5.74, 6) is -0.402. The lowest BCUT2D eigenvalue weighted by Crippen LogP contribution is -2.31. The van der Waals surface area contributed by atoms with Gasteiger partial charge in [-0.2, -0.15) is 18.2 Å². The standard InChI is InChI=1S/C25H34F3N3O3/c1-23(2,3)20-13-21(31(30(20)6)14-16-8-7-9-16)29-22(32)18-12-17(25(26,27)28)10-11-19(18)34-15-24(4,5)33/h10-13,16,33H,7-9,14-15H2,1-6H3. The molecule has 3 rings (SSSR count). The lowest BCUT2D eigenvalue weighted by atomic mass is 9.85. The third-order valence-corrected chi connectivity index (χ3v) is 6.00. The van der Waals surface area contributed by atoms with E-state index in [1.807, 2.05) is 22.5 Å². The number of alkyl halides is 3. The molecule has 1 fully saturated rings. The Labute approximate surface area is 198 Å². The molecule has 0 saturated heterocycles. The zero-order chi connectivity index (χ0) is 25.5. The molecular formula is C25H34F3N3O3. The van der Waals surface area contributed by atoms with Gasteiger partial charge in [-0.15, -0.1) is 0 Å². The topological polar surface area (TPSA) is 68.8 Å². The Balaban J connectivity index is 2.10. The van der Waals surface area contributed by atoms with Gasteiger partial charge in [-0.3, -0.25) is 14.2 Å². The SMILES string of the molecule is Cn1c(C(C)(C)C)cc(=NC(=O)c2cc(C(F)(F)F)ccc2OCC(C)(C)O)n1CC1CCC1. The second kappa shape index (κ2) is 9.24. The normalized spacial score (nSPS) is 16.0. The van der Waals surface area contributed by atoms with Crippen molar-refractivity contribution < 1.29 is 27.8 Å². The van der Waals surface area contributed by atoms with Crippen molar-refractivity contribution in [1.29, 1.82) is 0 Å². The van der Waals surface area contributed by atoms with E-state index in [1.165, 1.54) is 20.3 Å². The minimum Gasteiger partial charge on any atom is -0.490 e. The highest BCUT2D eigenvalue weighted by atomic mass is 19.4. The van der Waals surface area contributed by atoms with Crippen molar-refractivity contribution in [1.82, 2.24) is 9.36 Å². The average Bonchev–Trinajstić information content (AvgIpc) is 2.97. The van der Waals surface area contributed by atoms with Gasteiger partial charge in [0.15, 0.2) is 5.49 Å². The van der Waals surface area contributed by atoms with E-state index in [0.717, 1.165) is 36.7 Å². The van der Waals surface area contributed by atoms with Gasteiger partial charge in [0.1, 0.15) is 12.4 Å². The van der Waals surface area contributed by atoms with Crippen LogP contribution in [0.2, 0.25) is 0 Å². The smallest absolute Gasteiger partial charge is 0.416 e. The minimum absolute atomic E-state index is 0.0543. The number of aromatic nitrogens is 2. The Kier molecular flexibility index (Phi) is 7.09. The largest absolute Gasteiger partial charge is 0.490 e. The number of carbonyl (C=O) groups is 1. The number of hydrogen-bond donors (Lipinski definition) is 1. The maximum atomic E-state index is 13.4. The van der Waals surface area contributed by atoms with Crippen LogP contribution >= 0.6 is 0 Å². The Morgan fingerprint density at radius 1 is 1.15 bits per heavy atom. The van der Waals surface area contributed by atoms with E-state index in [4.69, 9.17) is 4.74 Å². The summed E-state index contributed by atoms with van der Waals surface area (Å²) in [4.78, 5) is 17.5. The zero-order valence-electron chi connectivity index (χ0n) is 20.7. The number of rotatable bonds is 6. The molecule has 1 N–H and O–H groups in total. The molecular weight excluding hydrogens is 447 g/mol. The molecule has 0 spiro atoms. The summed E-state index contributed by atoms with van der Waals surface area (Å²) in [7, 11) is 1.91. The molecule has 0 radical (unpaired) electrons. The van der Waals surface area contributed by atoms with Gasteiger partial charge in [0.05, 0.1) is 16.7 Å². The lowest BCUT2D eigenvalue weighted by Gasteiger charge is -2.27. The van der Waals surface area contributed by atoms with E-state index >= 15 is 0 Å². The first-order valence-electron chi connectivity index (χ1n) is 11.5. The van der Waals surface area contributed by atoms with E-state index in [0.29, 0.717) is 18.0 Å². The van der Waals surface area contributed by atoms with Crippen molar-refractivity contribution >= 4 is 5.91 Å². The van der Waals surface area contributed by atoms with Gasteiger partial charge in [-0.25, -0.2) is 0 Å². The molecule has 1 aliphatic carbocycles. The van der Waals surface area contributed by atoms with Crippen LogP contribution in [0.25, 0.3) is 0 Å². The highest BCUT2D eigenvalue weighted by Gasteiger charge is 2.32. The lowest BCUT2D eigenvalue weighted by molar-refractivity contribution is -0.137. The van der Waals surface area contributed by atoms with E-state index in [-0.39, 0.29) is 23.3 Å². The molecule has 2 aromatic rings. The highest BCUT2D eigenvalue weighted by Crippen LogP contribution is 2.33. The second-order valence-electron chi connectivity index (χ2n) is 10.8. The number of nitrogens with zero attached hydrogens (tertiary/aromatic N) is 3. The molecule has 0 atom stereocenters. The van der Waals surface area contributed by atoms with Crippen LogP contribution in [0.15, 0.2) is 29.3 Å². The highest BCUT2D eigenvalue weighted by molar-refractivity contribution is 5.97. The third-order valence-electron chi connectivity index (χ3n) is 6.00. The Morgan fingerprint density at radius 2 is 1.79 bits per heavy atom. The van der Waals surface area contributed by atoms with Crippen molar-refractivity contribution in [3.63, 3.8) is 0 Å². The number of benzene rings is 1. The summed E-state index contributed by atoms with van der Waals surface area (Å²) in [5.41, 5.74) is -1.35. The summed E-state index contributed by atoms with van der Waals surface area (Å²) in [6.07, 6.45) is -1.27. The van der Waals surface area contributed by atoms with Gasteiger partial charge in [0.2, 0.25) is 0 Å². The van der Waals surface area contributed by atoms with Gasteiger partial charge >= 0.3 is 6.18 Å². The average molecular weight is 482 g/mol. The predicted molar refractivity (Wildman–Crippen MR) is 123 cm³/mol. The van der Waals surface area contributed by atoms with Crippen molar-refractivity contribution in [2.45, 2.75) is 77.6 Å². The molecule has 6 nitrogen and oxygen atoms in total. The van der Waals surface area contributed by atoms with Crippen LogP contribution in [-0.2, 0) is 25.2 Å². The summed E-state index contributed by atoms with van der Waals surface area (Å²) >= 11 is 0.